The fraction of sp³-hybridized carbons (Fsp3) is 0.241. The highest BCUT2D eigenvalue weighted by atomic mass is 19.1. The van der Waals surface area contributed by atoms with E-state index in [1.54, 1.807) is 13.2 Å². The molecule has 1 amide bonds. The molecule has 10 heteroatoms. The monoisotopic (exact) mass is 530 g/mol. The number of benzene rings is 3. The molecule has 0 unspecified atom stereocenters. The van der Waals surface area contributed by atoms with Crippen LogP contribution in [-0.2, 0) is 20.9 Å². The molecular weight excluding hydrogens is 503 g/mol. The summed E-state index contributed by atoms with van der Waals surface area (Å²) in [6.45, 7) is 2.26. The van der Waals surface area contributed by atoms with E-state index in [0.717, 1.165) is 11.1 Å². The van der Waals surface area contributed by atoms with Crippen LogP contribution in [0.3, 0.4) is 0 Å². The number of anilines is 1. The van der Waals surface area contributed by atoms with Gasteiger partial charge in [0.05, 0.1) is 30.5 Å². The Bertz CT molecular complexity index is 1540. The van der Waals surface area contributed by atoms with Crippen molar-refractivity contribution in [2.45, 2.75) is 26.4 Å². The SMILES string of the molecule is COCc1cc(-c2ccccc2)c2c(C)c1N(NCCCC(=O)OC)C(=O)c1ccc(cc1F)-c1noc-2n1. The zero-order valence-electron chi connectivity index (χ0n) is 21.8. The van der Waals surface area contributed by atoms with Crippen LogP contribution in [0.2, 0.25) is 0 Å². The average molecular weight is 531 g/mol. The zero-order chi connectivity index (χ0) is 27.5. The summed E-state index contributed by atoms with van der Waals surface area (Å²) >= 11 is 0. The van der Waals surface area contributed by atoms with E-state index in [4.69, 9.17) is 14.0 Å². The number of nitrogens with zero attached hydrogens (tertiary/aromatic N) is 3. The van der Waals surface area contributed by atoms with Gasteiger partial charge in [-0.05, 0) is 48.2 Å². The van der Waals surface area contributed by atoms with E-state index in [9.17, 15) is 9.59 Å². The van der Waals surface area contributed by atoms with Gasteiger partial charge in [-0.3, -0.25) is 9.59 Å². The molecule has 1 aromatic heterocycles. The first-order chi connectivity index (χ1) is 18.9. The molecule has 6 bridgehead atoms. The first kappa shape index (κ1) is 26.2. The molecule has 0 atom stereocenters. The number of carbonyl (C=O) groups is 2. The minimum atomic E-state index is -0.724. The quantitative estimate of drug-likeness (QED) is 0.248. The summed E-state index contributed by atoms with van der Waals surface area (Å²) in [4.78, 5) is 30.2. The van der Waals surface area contributed by atoms with E-state index in [1.807, 2.05) is 43.3 Å². The lowest BCUT2D eigenvalue weighted by atomic mass is 9.91. The Kier molecular flexibility index (Phi) is 7.49. The molecule has 3 aromatic carbocycles. The van der Waals surface area contributed by atoms with Crippen molar-refractivity contribution in [2.75, 3.05) is 25.8 Å². The number of halogens is 1. The first-order valence-corrected chi connectivity index (χ1v) is 12.4. The van der Waals surface area contributed by atoms with Crippen LogP contribution in [0, 0.1) is 12.7 Å². The summed E-state index contributed by atoms with van der Waals surface area (Å²) in [5.74, 6) is -1.25. The molecule has 1 N–H and O–H groups in total. The molecule has 0 aliphatic carbocycles. The van der Waals surface area contributed by atoms with Gasteiger partial charge in [0.1, 0.15) is 5.82 Å². The molecule has 0 saturated carbocycles. The lowest BCUT2D eigenvalue weighted by Gasteiger charge is -2.29. The number of amides is 1. The molecule has 39 heavy (non-hydrogen) atoms. The molecule has 9 nitrogen and oxygen atoms in total. The van der Waals surface area contributed by atoms with Crippen molar-refractivity contribution < 1.29 is 28.0 Å². The van der Waals surface area contributed by atoms with Crippen molar-refractivity contribution in [3.05, 3.63) is 77.1 Å². The van der Waals surface area contributed by atoms with E-state index in [1.165, 1.54) is 24.3 Å². The number of aromatic nitrogens is 2. The topological polar surface area (TPSA) is 107 Å². The summed E-state index contributed by atoms with van der Waals surface area (Å²) in [5.41, 5.74) is 7.52. The molecule has 0 spiro atoms. The van der Waals surface area contributed by atoms with Crippen LogP contribution in [0.4, 0.5) is 10.1 Å². The maximum absolute atomic E-state index is 15.3. The number of hydrazine groups is 1. The van der Waals surface area contributed by atoms with Gasteiger partial charge in [-0.15, -0.1) is 0 Å². The smallest absolute Gasteiger partial charge is 0.305 e. The van der Waals surface area contributed by atoms with Gasteiger partial charge >= 0.3 is 5.97 Å². The summed E-state index contributed by atoms with van der Waals surface area (Å²) in [5, 5.41) is 5.42. The Labute approximate surface area is 224 Å². The molecular formula is C29H27FN4O5. The van der Waals surface area contributed by atoms with Gasteiger partial charge < -0.3 is 14.0 Å². The summed E-state index contributed by atoms with van der Waals surface area (Å²) < 4.78 is 31.3. The lowest BCUT2D eigenvalue weighted by Crippen LogP contribution is -2.45. The Morgan fingerprint density at radius 2 is 1.87 bits per heavy atom. The van der Waals surface area contributed by atoms with Crippen LogP contribution in [0.25, 0.3) is 34.0 Å². The number of rotatable bonds is 8. The largest absolute Gasteiger partial charge is 0.469 e. The molecule has 2 aliphatic rings. The standard InChI is InChI=1S/C29H27FN4O5/c1-17-25-22(18-8-5-4-6-9-18)14-20(16-37-2)26(17)34(31-13-7-10-24(35)38-3)29(36)21-12-11-19(15-23(21)30)27-32-28(25)39-33-27/h4-6,8-9,11-12,14-15,31H,7,10,13,16H2,1-3H3. The van der Waals surface area contributed by atoms with Crippen molar-refractivity contribution >= 4 is 17.6 Å². The first-order valence-electron chi connectivity index (χ1n) is 12.4. The second-order valence-corrected chi connectivity index (χ2v) is 9.08. The van der Waals surface area contributed by atoms with E-state index < -0.39 is 11.7 Å². The molecule has 4 aromatic rings. The Balaban J connectivity index is 1.76. The van der Waals surface area contributed by atoms with Gasteiger partial charge in [-0.25, -0.2) is 14.8 Å². The highest BCUT2D eigenvalue weighted by Gasteiger charge is 2.30. The number of esters is 1. The fourth-order valence-electron chi connectivity index (χ4n) is 4.74. The van der Waals surface area contributed by atoms with Gasteiger partial charge in [0, 0.05) is 31.2 Å². The van der Waals surface area contributed by atoms with E-state index in [0.29, 0.717) is 34.4 Å². The minimum Gasteiger partial charge on any atom is -0.469 e. The fourth-order valence-corrected chi connectivity index (χ4v) is 4.74. The second kappa shape index (κ2) is 11.1. The summed E-state index contributed by atoms with van der Waals surface area (Å²) in [6, 6.07) is 15.8. The molecule has 3 heterocycles. The summed E-state index contributed by atoms with van der Waals surface area (Å²) in [7, 11) is 2.88. The van der Waals surface area contributed by atoms with Crippen molar-refractivity contribution in [3.63, 3.8) is 0 Å². The van der Waals surface area contributed by atoms with Crippen LogP contribution in [0.5, 0.6) is 0 Å². The van der Waals surface area contributed by atoms with Gasteiger partial charge in [-0.2, -0.15) is 4.98 Å². The van der Waals surface area contributed by atoms with Gasteiger partial charge in [-0.1, -0.05) is 41.6 Å². The Morgan fingerprint density at radius 1 is 1.08 bits per heavy atom. The molecule has 0 fully saturated rings. The van der Waals surface area contributed by atoms with Crippen LogP contribution in [0.15, 0.2) is 59.1 Å². The number of hydrogen-bond acceptors (Lipinski definition) is 8. The van der Waals surface area contributed by atoms with Crippen molar-refractivity contribution in [3.8, 4) is 34.0 Å². The third kappa shape index (κ3) is 5.04. The third-order valence-corrected chi connectivity index (χ3v) is 6.59. The van der Waals surface area contributed by atoms with E-state index >= 15 is 4.39 Å². The normalized spacial score (nSPS) is 12.3. The van der Waals surface area contributed by atoms with Crippen molar-refractivity contribution in [2.24, 2.45) is 0 Å². The highest BCUT2D eigenvalue weighted by molar-refractivity contribution is 6.08. The second-order valence-electron chi connectivity index (χ2n) is 9.08. The number of fused-ring (bicyclic) bond motifs is 3. The average Bonchev–Trinajstić information content (AvgIpc) is 3.43. The van der Waals surface area contributed by atoms with E-state index in [-0.39, 0.29) is 42.8 Å². The summed E-state index contributed by atoms with van der Waals surface area (Å²) in [6.07, 6.45) is 0.542. The predicted octanol–water partition coefficient (Wildman–Crippen LogP) is 5.08. The van der Waals surface area contributed by atoms with Gasteiger partial charge in [0.2, 0.25) is 5.82 Å². The number of nitrogens with one attached hydrogen (secondary N) is 1. The maximum Gasteiger partial charge on any atom is 0.305 e. The number of carbonyl (C=O) groups excluding carboxylic acids is 2. The Morgan fingerprint density at radius 3 is 2.59 bits per heavy atom. The van der Waals surface area contributed by atoms with Gasteiger partial charge in [0.15, 0.2) is 0 Å². The van der Waals surface area contributed by atoms with Gasteiger partial charge in [0.25, 0.3) is 11.8 Å². The number of ether oxygens (including phenoxy) is 2. The number of hydrogen-bond donors (Lipinski definition) is 1. The molecule has 0 radical (unpaired) electrons. The van der Waals surface area contributed by atoms with Crippen LogP contribution < -0.4 is 10.4 Å². The van der Waals surface area contributed by atoms with Crippen LogP contribution in [0.1, 0.15) is 34.3 Å². The van der Waals surface area contributed by atoms with E-state index in [2.05, 4.69) is 15.6 Å². The predicted molar refractivity (Wildman–Crippen MR) is 142 cm³/mol. The molecule has 2 aliphatic heterocycles. The molecule has 6 rings (SSSR count). The van der Waals surface area contributed by atoms with Crippen LogP contribution >= 0.6 is 0 Å². The van der Waals surface area contributed by atoms with Crippen LogP contribution in [-0.4, -0.2) is 42.8 Å². The number of methoxy groups -OCH3 is 2. The minimum absolute atomic E-state index is 0.139. The highest BCUT2D eigenvalue weighted by Crippen LogP contribution is 2.42. The lowest BCUT2D eigenvalue weighted by molar-refractivity contribution is -0.140. The van der Waals surface area contributed by atoms with Crippen molar-refractivity contribution in [1.82, 2.24) is 15.6 Å². The maximum atomic E-state index is 15.3. The molecule has 0 saturated heterocycles. The zero-order valence-corrected chi connectivity index (χ0v) is 21.8. The van der Waals surface area contributed by atoms with Crippen molar-refractivity contribution in [1.29, 1.82) is 0 Å². The third-order valence-electron chi connectivity index (χ3n) is 6.59. The Hall–Kier alpha value is -4.41. The molecule has 200 valence electrons.